The topological polar surface area (TPSA) is 46.2 Å². The fraction of sp³-hybridized carbons (Fsp3) is 1.00. The Morgan fingerprint density at radius 3 is 2.30 bits per heavy atom. The maximum atomic E-state index is 9.27. The average Bonchev–Trinajstić information content (AvgIpc) is 1.87. The molecule has 0 radical (unpaired) electrons. The molecule has 0 aliphatic heterocycles. The van der Waals surface area contributed by atoms with Crippen LogP contribution in [0, 0.1) is 5.41 Å². The third-order valence-corrected chi connectivity index (χ3v) is 1.81. The molecule has 0 fully saturated rings. The zero-order valence-corrected chi connectivity index (χ0v) is 7.22. The highest BCUT2D eigenvalue weighted by atomic mass is 16.3. The van der Waals surface area contributed by atoms with Gasteiger partial charge in [-0.25, -0.2) is 0 Å². The average molecular weight is 145 g/mol. The van der Waals surface area contributed by atoms with Gasteiger partial charge in [-0.05, 0) is 24.8 Å². The molecule has 0 aliphatic rings. The molecule has 62 valence electrons. The van der Waals surface area contributed by atoms with Gasteiger partial charge < -0.3 is 10.8 Å². The van der Waals surface area contributed by atoms with Gasteiger partial charge in [-0.3, -0.25) is 0 Å². The molecule has 0 bridgehead atoms. The molecule has 0 rings (SSSR count). The molecular formula is C8H19NO. The normalized spacial score (nSPS) is 15.3. The van der Waals surface area contributed by atoms with Gasteiger partial charge in [0.1, 0.15) is 0 Å². The Morgan fingerprint density at radius 2 is 2.00 bits per heavy atom. The van der Waals surface area contributed by atoms with Crippen molar-refractivity contribution in [1.82, 2.24) is 0 Å². The molecule has 0 aromatic heterocycles. The second-order valence-corrected chi connectivity index (χ2v) is 3.63. The molecule has 1 unspecified atom stereocenters. The van der Waals surface area contributed by atoms with Crippen LogP contribution in [0.2, 0.25) is 0 Å². The molecule has 2 nitrogen and oxygen atoms in total. The van der Waals surface area contributed by atoms with Crippen molar-refractivity contribution in [2.45, 2.75) is 39.7 Å². The van der Waals surface area contributed by atoms with E-state index in [2.05, 4.69) is 13.8 Å². The first kappa shape index (κ1) is 9.92. The molecule has 0 amide bonds. The summed E-state index contributed by atoms with van der Waals surface area (Å²) in [5.41, 5.74) is 5.59. The molecule has 10 heavy (non-hydrogen) atoms. The zero-order chi connectivity index (χ0) is 8.20. The van der Waals surface area contributed by atoms with E-state index in [1.165, 1.54) is 0 Å². The van der Waals surface area contributed by atoms with Crippen LogP contribution in [0.1, 0.15) is 33.6 Å². The number of hydrogen-bond donors (Lipinski definition) is 2. The Kier molecular flexibility index (Phi) is 3.91. The van der Waals surface area contributed by atoms with Crippen LogP contribution in [-0.4, -0.2) is 17.8 Å². The molecular weight excluding hydrogens is 126 g/mol. The van der Waals surface area contributed by atoms with Gasteiger partial charge in [0.05, 0.1) is 6.10 Å². The number of nitrogens with two attached hydrogens (primary N) is 1. The monoisotopic (exact) mass is 145 g/mol. The lowest BCUT2D eigenvalue weighted by Gasteiger charge is -2.24. The number of aliphatic hydroxyl groups excluding tert-OH is 1. The fourth-order valence-corrected chi connectivity index (χ4v) is 0.866. The Bertz CT molecular complexity index is 91.3. The van der Waals surface area contributed by atoms with Crippen LogP contribution in [0.3, 0.4) is 0 Å². The summed E-state index contributed by atoms with van der Waals surface area (Å²) in [6.45, 7) is 6.78. The minimum absolute atomic E-state index is 0.0927. The fourth-order valence-electron chi connectivity index (χ4n) is 0.866. The lowest BCUT2D eigenvalue weighted by Crippen LogP contribution is -2.28. The van der Waals surface area contributed by atoms with Crippen LogP contribution < -0.4 is 5.73 Å². The first-order valence-electron chi connectivity index (χ1n) is 3.90. The number of aliphatic hydroxyl groups is 1. The largest absolute Gasteiger partial charge is 0.393 e. The van der Waals surface area contributed by atoms with E-state index in [9.17, 15) is 5.11 Å². The molecule has 1 atom stereocenters. The molecule has 0 saturated heterocycles. The quantitative estimate of drug-likeness (QED) is 0.623. The predicted octanol–water partition coefficient (Wildman–Crippen LogP) is 1.13. The highest BCUT2D eigenvalue weighted by molar-refractivity contribution is 4.72. The van der Waals surface area contributed by atoms with E-state index in [1.54, 1.807) is 0 Å². The lowest BCUT2D eigenvalue weighted by molar-refractivity contribution is 0.113. The van der Waals surface area contributed by atoms with Gasteiger partial charge in [-0.2, -0.15) is 0 Å². The molecule has 3 N–H and O–H groups in total. The van der Waals surface area contributed by atoms with E-state index in [0.717, 1.165) is 12.8 Å². The van der Waals surface area contributed by atoms with Crippen molar-refractivity contribution in [1.29, 1.82) is 0 Å². The molecule has 0 aliphatic carbocycles. The molecule has 0 saturated carbocycles. The first-order chi connectivity index (χ1) is 4.52. The number of rotatable bonds is 4. The van der Waals surface area contributed by atoms with Crippen molar-refractivity contribution in [3.05, 3.63) is 0 Å². The summed E-state index contributed by atoms with van der Waals surface area (Å²) in [5.74, 6) is 0. The number of hydrogen-bond acceptors (Lipinski definition) is 2. The summed E-state index contributed by atoms with van der Waals surface area (Å²) >= 11 is 0. The maximum Gasteiger partial charge on any atom is 0.0543 e. The molecule has 0 heterocycles. The Labute approximate surface area is 63.4 Å². The van der Waals surface area contributed by atoms with Crippen LogP contribution in [-0.2, 0) is 0 Å². The SMILES string of the molecule is CCC(O)CC(C)(C)CN. The van der Waals surface area contributed by atoms with Crippen molar-refractivity contribution in [3.8, 4) is 0 Å². The minimum Gasteiger partial charge on any atom is -0.393 e. The van der Waals surface area contributed by atoms with Crippen molar-refractivity contribution >= 4 is 0 Å². The summed E-state index contributed by atoms with van der Waals surface area (Å²) in [6, 6.07) is 0. The second-order valence-electron chi connectivity index (χ2n) is 3.63. The van der Waals surface area contributed by atoms with Gasteiger partial charge >= 0.3 is 0 Å². The van der Waals surface area contributed by atoms with Crippen molar-refractivity contribution < 1.29 is 5.11 Å². The molecule has 0 aromatic rings. The Hall–Kier alpha value is -0.0800. The van der Waals surface area contributed by atoms with Gasteiger partial charge in [0.2, 0.25) is 0 Å². The van der Waals surface area contributed by atoms with E-state index >= 15 is 0 Å². The third-order valence-electron chi connectivity index (χ3n) is 1.81. The van der Waals surface area contributed by atoms with E-state index in [1.807, 2.05) is 6.92 Å². The third kappa shape index (κ3) is 3.85. The van der Waals surface area contributed by atoms with Crippen molar-refractivity contribution in [2.24, 2.45) is 11.1 Å². The maximum absolute atomic E-state index is 9.27. The summed E-state index contributed by atoms with van der Waals surface area (Å²) < 4.78 is 0. The highest BCUT2D eigenvalue weighted by Crippen LogP contribution is 2.21. The van der Waals surface area contributed by atoms with Gasteiger partial charge in [0, 0.05) is 0 Å². The van der Waals surface area contributed by atoms with Gasteiger partial charge in [-0.1, -0.05) is 20.8 Å². The molecule has 0 spiro atoms. The second kappa shape index (κ2) is 3.94. The summed E-state index contributed by atoms with van der Waals surface area (Å²) in [4.78, 5) is 0. The Balaban J connectivity index is 3.64. The van der Waals surface area contributed by atoms with Gasteiger partial charge in [-0.15, -0.1) is 0 Å². The van der Waals surface area contributed by atoms with Crippen molar-refractivity contribution in [3.63, 3.8) is 0 Å². The summed E-state index contributed by atoms with van der Waals surface area (Å²) in [7, 11) is 0. The van der Waals surface area contributed by atoms with E-state index in [0.29, 0.717) is 6.54 Å². The zero-order valence-electron chi connectivity index (χ0n) is 7.22. The van der Waals surface area contributed by atoms with Crippen molar-refractivity contribution in [2.75, 3.05) is 6.54 Å². The predicted molar refractivity (Wildman–Crippen MR) is 43.8 cm³/mol. The summed E-state index contributed by atoms with van der Waals surface area (Å²) in [6.07, 6.45) is 1.45. The van der Waals surface area contributed by atoms with Crippen LogP contribution in [0.4, 0.5) is 0 Å². The van der Waals surface area contributed by atoms with Crippen LogP contribution in [0.25, 0.3) is 0 Å². The van der Waals surface area contributed by atoms with Gasteiger partial charge in [0.15, 0.2) is 0 Å². The van der Waals surface area contributed by atoms with Crippen LogP contribution >= 0.6 is 0 Å². The van der Waals surface area contributed by atoms with Crippen LogP contribution in [0.15, 0.2) is 0 Å². The standard InChI is InChI=1S/C8H19NO/c1-4-7(10)5-8(2,3)6-9/h7,10H,4-6,9H2,1-3H3. The Morgan fingerprint density at radius 1 is 1.50 bits per heavy atom. The van der Waals surface area contributed by atoms with E-state index in [-0.39, 0.29) is 11.5 Å². The van der Waals surface area contributed by atoms with E-state index < -0.39 is 0 Å². The first-order valence-corrected chi connectivity index (χ1v) is 3.90. The molecule has 0 aromatic carbocycles. The summed E-state index contributed by atoms with van der Waals surface area (Å²) in [5, 5.41) is 9.27. The van der Waals surface area contributed by atoms with E-state index in [4.69, 9.17) is 5.73 Å². The van der Waals surface area contributed by atoms with Gasteiger partial charge in [0.25, 0.3) is 0 Å². The lowest BCUT2D eigenvalue weighted by atomic mass is 9.86. The van der Waals surface area contributed by atoms with Crippen LogP contribution in [0.5, 0.6) is 0 Å². The minimum atomic E-state index is -0.182. The highest BCUT2D eigenvalue weighted by Gasteiger charge is 2.18. The smallest absolute Gasteiger partial charge is 0.0543 e. The molecule has 2 heteroatoms.